The van der Waals surface area contributed by atoms with Crippen LogP contribution in [0.2, 0.25) is 0 Å². The van der Waals surface area contributed by atoms with Crippen molar-refractivity contribution in [2.24, 2.45) is 0 Å². The van der Waals surface area contributed by atoms with E-state index in [0.717, 1.165) is 0 Å². The van der Waals surface area contributed by atoms with Crippen LogP contribution in [-0.2, 0) is 16.0 Å². The number of ether oxygens (including phenoxy) is 2. The minimum absolute atomic E-state index is 0.0390. The van der Waals surface area contributed by atoms with Crippen molar-refractivity contribution in [2.75, 3.05) is 14.2 Å². The zero-order valence-electron chi connectivity index (χ0n) is 17.4. The van der Waals surface area contributed by atoms with Crippen LogP contribution >= 0.6 is 0 Å². The van der Waals surface area contributed by atoms with Crippen LogP contribution in [0.25, 0.3) is 10.8 Å². The van der Waals surface area contributed by atoms with Crippen LogP contribution in [0.1, 0.15) is 58.1 Å². The van der Waals surface area contributed by atoms with Crippen LogP contribution in [0.15, 0.2) is 24.3 Å². The van der Waals surface area contributed by atoms with Crippen molar-refractivity contribution >= 4 is 16.6 Å². The number of carbonyl (C=O) groups excluding carboxylic acids is 1. The van der Waals surface area contributed by atoms with Gasteiger partial charge in [0, 0.05) is 53.5 Å². The van der Waals surface area contributed by atoms with Gasteiger partial charge in [-0.3, -0.25) is 4.79 Å². The average Bonchev–Trinajstić information content (AvgIpc) is 2.78. The molecule has 32 heavy (non-hydrogen) atoms. The number of rotatable bonds is 2. The summed E-state index contributed by atoms with van der Waals surface area (Å²) in [5.74, 6) is -0.348. The van der Waals surface area contributed by atoms with Gasteiger partial charge >= 0.3 is 0 Å². The molecule has 3 unspecified atom stereocenters. The van der Waals surface area contributed by atoms with Gasteiger partial charge < -0.3 is 35.0 Å². The summed E-state index contributed by atoms with van der Waals surface area (Å²) in [6.07, 6.45) is -3.08. The molecule has 3 atom stereocenters. The highest BCUT2D eigenvalue weighted by Crippen LogP contribution is 2.52. The highest BCUT2D eigenvalue weighted by atomic mass is 16.5. The molecule has 0 radical (unpaired) electrons. The molecule has 5 rings (SSSR count). The lowest BCUT2D eigenvalue weighted by Crippen LogP contribution is -2.21. The number of carbonyl (C=O) groups is 1. The molecule has 0 aromatic heterocycles. The fraction of sp³-hybridized carbons (Fsp3) is 0.292. The van der Waals surface area contributed by atoms with Gasteiger partial charge in [0.1, 0.15) is 41.0 Å². The number of methoxy groups -OCH3 is 2. The highest BCUT2D eigenvalue weighted by molar-refractivity contribution is 6.00. The minimum atomic E-state index is -1.22. The molecule has 3 aromatic rings. The maximum atomic E-state index is 12.2. The van der Waals surface area contributed by atoms with Crippen LogP contribution in [-0.4, -0.2) is 45.5 Å². The molecule has 8 nitrogen and oxygen atoms in total. The number of benzene rings is 3. The number of ketones is 1. The molecule has 2 aliphatic rings. The monoisotopic (exact) mass is 438 g/mol. The van der Waals surface area contributed by atoms with E-state index in [1.54, 1.807) is 0 Å². The van der Waals surface area contributed by atoms with Crippen molar-refractivity contribution < 1.29 is 39.8 Å². The number of Topliss-reactive ketones (excluding diaryl/α,β-unsaturated/α-hetero) is 1. The molecule has 0 amide bonds. The molecule has 3 aromatic carbocycles. The smallest absolute Gasteiger partial charge is 0.140 e. The molecule has 0 bridgehead atoms. The Balaban J connectivity index is 1.81. The zero-order chi connectivity index (χ0) is 22.9. The summed E-state index contributed by atoms with van der Waals surface area (Å²) in [5, 5.41) is 54.8. The Morgan fingerprint density at radius 1 is 0.844 bits per heavy atom. The van der Waals surface area contributed by atoms with Gasteiger partial charge in [0.15, 0.2) is 0 Å². The van der Waals surface area contributed by atoms with E-state index in [1.807, 2.05) is 0 Å². The van der Waals surface area contributed by atoms with Crippen molar-refractivity contribution in [3.05, 3.63) is 57.6 Å². The Hall–Kier alpha value is -3.33. The first-order valence-corrected chi connectivity index (χ1v) is 10.1. The predicted octanol–water partition coefficient (Wildman–Crippen LogP) is 2.64. The van der Waals surface area contributed by atoms with Gasteiger partial charge in [0.2, 0.25) is 0 Å². The third-order valence-corrected chi connectivity index (χ3v) is 6.53. The van der Waals surface area contributed by atoms with E-state index in [1.165, 1.54) is 38.5 Å². The maximum Gasteiger partial charge on any atom is 0.140 e. The lowest BCUT2D eigenvalue weighted by atomic mass is 9.78. The number of hydrogen-bond donors (Lipinski definition) is 5. The number of aliphatic hydroxyl groups is 2. The molecule has 8 heteroatoms. The number of aliphatic hydroxyl groups excluding tert-OH is 2. The predicted molar refractivity (Wildman–Crippen MR) is 113 cm³/mol. The number of phenolic OH excluding ortho intramolecular Hbond substituents is 3. The maximum absolute atomic E-state index is 12.2. The highest BCUT2D eigenvalue weighted by Gasteiger charge is 2.37. The van der Waals surface area contributed by atoms with Crippen molar-refractivity contribution in [1.82, 2.24) is 0 Å². The van der Waals surface area contributed by atoms with Gasteiger partial charge in [-0.25, -0.2) is 0 Å². The summed E-state index contributed by atoms with van der Waals surface area (Å²) < 4.78 is 10.7. The van der Waals surface area contributed by atoms with Crippen LogP contribution in [0.5, 0.6) is 23.0 Å². The standard InChI is InChI=1S/C24H22O8/c1-31-17-5-9(25)3-15-19(17)23(29)13-7-12-14(8-11(13)21(15)27)24(30)20-16(22(12)28)4-10(26)6-18(20)32-2/h3,5,7-8,18,21,23,25,27-30H,4,6H2,1-2H3. The molecule has 5 N–H and O–H groups in total. The fourth-order valence-corrected chi connectivity index (χ4v) is 5.03. The average molecular weight is 438 g/mol. The summed E-state index contributed by atoms with van der Waals surface area (Å²) >= 11 is 0. The molecular weight excluding hydrogens is 416 g/mol. The lowest BCUT2D eigenvalue weighted by molar-refractivity contribution is -0.121. The van der Waals surface area contributed by atoms with Gasteiger partial charge in [0.05, 0.1) is 13.2 Å². The van der Waals surface area contributed by atoms with Crippen LogP contribution < -0.4 is 4.74 Å². The summed E-state index contributed by atoms with van der Waals surface area (Å²) in [4.78, 5) is 12.2. The molecule has 0 saturated carbocycles. The molecule has 0 heterocycles. The third kappa shape index (κ3) is 2.70. The van der Waals surface area contributed by atoms with Gasteiger partial charge in [-0.1, -0.05) is 0 Å². The molecule has 0 aliphatic heterocycles. The summed E-state index contributed by atoms with van der Waals surface area (Å²) in [5.41, 5.74) is 1.88. The second-order valence-electron chi connectivity index (χ2n) is 8.22. The molecule has 0 fully saturated rings. The Morgan fingerprint density at radius 2 is 1.50 bits per heavy atom. The van der Waals surface area contributed by atoms with E-state index < -0.39 is 18.3 Å². The van der Waals surface area contributed by atoms with E-state index in [4.69, 9.17) is 9.47 Å². The molecule has 166 valence electrons. The molecule has 2 aliphatic carbocycles. The Bertz CT molecular complexity index is 1300. The first-order chi connectivity index (χ1) is 15.3. The Kier molecular flexibility index (Phi) is 4.56. The normalized spacial score (nSPS) is 21.8. The van der Waals surface area contributed by atoms with Crippen LogP contribution in [0.4, 0.5) is 0 Å². The number of fused-ring (bicyclic) bond motifs is 4. The fourth-order valence-electron chi connectivity index (χ4n) is 5.03. The topological polar surface area (TPSA) is 137 Å². The summed E-state index contributed by atoms with van der Waals surface area (Å²) in [6.45, 7) is 0. The van der Waals surface area contributed by atoms with Crippen LogP contribution in [0.3, 0.4) is 0 Å². The van der Waals surface area contributed by atoms with Gasteiger partial charge in [0.25, 0.3) is 0 Å². The number of phenols is 3. The zero-order valence-corrected chi connectivity index (χ0v) is 17.4. The van der Waals surface area contributed by atoms with E-state index >= 15 is 0 Å². The van der Waals surface area contributed by atoms with Crippen molar-refractivity contribution in [3.8, 4) is 23.0 Å². The van der Waals surface area contributed by atoms with Crippen LogP contribution in [0, 0.1) is 0 Å². The van der Waals surface area contributed by atoms with Crippen molar-refractivity contribution in [1.29, 1.82) is 0 Å². The molecule has 0 saturated heterocycles. The minimum Gasteiger partial charge on any atom is -0.508 e. The summed E-state index contributed by atoms with van der Waals surface area (Å²) in [7, 11) is 2.82. The lowest BCUT2D eigenvalue weighted by Gasteiger charge is -2.32. The summed E-state index contributed by atoms with van der Waals surface area (Å²) in [6, 6.07) is 5.72. The molecular formula is C24H22O8. The van der Waals surface area contributed by atoms with Gasteiger partial charge in [-0.2, -0.15) is 0 Å². The quantitative estimate of drug-likeness (QED) is 0.385. The Morgan fingerprint density at radius 3 is 2.16 bits per heavy atom. The largest absolute Gasteiger partial charge is 0.508 e. The second kappa shape index (κ2) is 7.09. The van der Waals surface area contributed by atoms with Gasteiger partial charge in [-0.15, -0.1) is 0 Å². The van der Waals surface area contributed by atoms with E-state index in [9.17, 15) is 30.3 Å². The van der Waals surface area contributed by atoms with Crippen molar-refractivity contribution in [2.45, 2.75) is 31.2 Å². The number of hydrogen-bond acceptors (Lipinski definition) is 8. The Labute approximate surface area is 182 Å². The SMILES string of the molecule is COc1cc(O)cc2c1C(O)c1cc3c(O)c4c(c(O)c3cc1C2O)C(OC)CC(=O)C4. The first-order valence-electron chi connectivity index (χ1n) is 10.1. The van der Waals surface area contributed by atoms with Gasteiger partial charge in [-0.05, 0) is 34.9 Å². The van der Waals surface area contributed by atoms with Crippen molar-refractivity contribution in [3.63, 3.8) is 0 Å². The van der Waals surface area contributed by atoms with E-state index in [2.05, 4.69) is 0 Å². The van der Waals surface area contributed by atoms with E-state index in [0.29, 0.717) is 27.8 Å². The van der Waals surface area contributed by atoms with E-state index in [-0.39, 0.29) is 58.0 Å². The first kappa shape index (κ1) is 20.6. The third-order valence-electron chi connectivity index (χ3n) is 6.53. The molecule has 0 spiro atoms. The number of aromatic hydroxyl groups is 3. The second-order valence-corrected chi connectivity index (χ2v) is 8.22.